The van der Waals surface area contributed by atoms with E-state index in [0.29, 0.717) is 12.2 Å². The summed E-state index contributed by atoms with van der Waals surface area (Å²) in [5.74, 6) is -1.36. The van der Waals surface area contributed by atoms with E-state index in [0.717, 1.165) is 16.1 Å². The highest BCUT2D eigenvalue weighted by atomic mass is 32.2. The lowest BCUT2D eigenvalue weighted by Gasteiger charge is -2.33. The van der Waals surface area contributed by atoms with Gasteiger partial charge in [-0.2, -0.15) is 0 Å². The minimum atomic E-state index is -3.84. The molecule has 7 nitrogen and oxygen atoms in total. The van der Waals surface area contributed by atoms with E-state index in [-0.39, 0.29) is 24.4 Å². The fourth-order valence-corrected chi connectivity index (χ4v) is 4.84. The summed E-state index contributed by atoms with van der Waals surface area (Å²) in [6, 6.07) is 22.5. The quantitative estimate of drug-likeness (QED) is 0.377. The Bertz CT molecular complexity index is 1320. The van der Waals surface area contributed by atoms with Gasteiger partial charge < -0.3 is 10.2 Å². The van der Waals surface area contributed by atoms with Crippen LogP contribution in [0.1, 0.15) is 25.0 Å². The number of carbonyl (C=O) groups is 2. The van der Waals surface area contributed by atoms with E-state index in [2.05, 4.69) is 5.32 Å². The van der Waals surface area contributed by atoms with E-state index in [4.69, 9.17) is 0 Å². The van der Waals surface area contributed by atoms with Gasteiger partial charge in [-0.1, -0.05) is 80.6 Å². The van der Waals surface area contributed by atoms with E-state index in [1.165, 1.54) is 11.0 Å². The zero-order valence-electron chi connectivity index (χ0n) is 21.9. The molecule has 0 fully saturated rings. The van der Waals surface area contributed by atoms with Gasteiger partial charge >= 0.3 is 0 Å². The Kier molecular flexibility index (Phi) is 10.0. The highest BCUT2D eigenvalue weighted by Crippen LogP contribution is 2.21. The molecular weight excluding hydrogens is 505 g/mol. The van der Waals surface area contributed by atoms with E-state index in [9.17, 15) is 22.4 Å². The molecule has 0 radical (unpaired) electrons. The van der Waals surface area contributed by atoms with Crippen molar-refractivity contribution < 1.29 is 22.4 Å². The molecule has 9 heteroatoms. The molecule has 0 unspecified atom stereocenters. The summed E-state index contributed by atoms with van der Waals surface area (Å²) in [5, 5.41) is 2.90. The van der Waals surface area contributed by atoms with Gasteiger partial charge in [-0.25, -0.2) is 12.8 Å². The van der Waals surface area contributed by atoms with Crippen LogP contribution in [0.5, 0.6) is 0 Å². The molecule has 1 atom stereocenters. The van der Waals surface area contributed by atoms with Gasteiger partial charge in [-0.3, -0.25) is 13.9 Å². The van der Waals surface area contributed by atoms with Gasteiger partial charge in [-0.15, -0.1) is 0 Å². The lowest BCUT2D eigenvalue weighted by Crippen LogP contribution is -2.53. The van der Waals surface area contributed by atoms with Crippen LogP contribution in [0, 0.1) is 11.7 Å². The Labute approximate surface area is 224 Å². The molecule has 0 aromatic heterocycles. The van der Waals surface area contributed by atoms with E-state index >= 15 is 0 Å². The Morgan fingerprint density at radius 1 is 0.895 bits per heavy atom. The number of sulfonamides is 1. The summed E-state index contributed by atoms with van der Waals surface area (Å²) in [7, 11) is -3.84. The zero-order valence-corrected chi connectivity index (χ0v) is 22.7. The maximum absolute atomic E-state index is 14.7. The van der Waals surface area contributed by atoms with Crippen molar-refractivity contribution in [1.82, 2.24) is 10.2 Å². The van der Waals surface area contributed by atoms with Crippen molar-refractivity contribution in [3.8, 4) is 0 Å². The highest BCUT2D eigenvalue weighted by molar-refractivity contribution is 7.92. The molecular formula is C29H34FN3O4S. The Morgan fingerprint density at radius 2 is 1.47 bits per heavy atom. The Balaban J connectivity index is 2.04. The third-order valence-electron chi connectivity index (χ3n) is 5.98. The van der Waals surface area contributed by atoms with Gasteiger partial charge in [0.1, 0.15) is 18.4 Å². The largest absolute Gasteiger partial charge is 0.354 e. The number of halogens is 1. The molecule has 1 N–H and O–H groups in total. The molecule has 202 valence electrons. The smallest absolute Gasteiger partial charge is 0.244 e. The molecule has 3 aromatic carbocycles. The number of anilines is 1. The van der Waals surface area contributed by atoms with Gasteiger partial charge in [0.2, 0.25) is 21.8 Å². The van der Waals surface area contributed by atoms with Crippen LogP contribution in [-0.4, -0.2) is 50.5 Å². The van der Waals surface area contributed by atoms with Gasteiger partial charge in [0, 0.05) is 25.1 Å². The summed E-state index contributed by atoms with van der Waals surface area (Å²) >= 11 is 0. The summed E-state index contributed by atoms with van der Waals surface area (Å²) in [4.78, 5) is 28.7. The Morgan fingerprint density at radius 3 is 2.05 bits per heavy atom. The number of nitrogens with zero attached hydrogens (tertiary/aromatic N) is 2. The summed E-state index contributed by atoms with van der Waals surface area (Å²) in [6.07, 6.45) is 1.19. The average Bonchev–Trinajstić information content (AvgIpc) is 2.89. The van der Waals surface area contributed by atoms with E-state index in [1.54, 1.807) is 48.5 Å². The molecule has 3 rings (SSSR count). The maximum Gasteiger partial charge on any atom is 0.244 e. The third-order valence-corrected chi connectivity index (χ3v) is 7.12. The number of carbonyl (C=O) groups excluding carboxylic acids is 2. The molecule has 0 aliphatic carbocycles. The van der Waals surface area contributed by atoms with E-state index < -0.39 is 40.2 Å². The fourth-order valence-electron chi connectivity index (χ4n) is 3.99. The zero-order chi connectivity index (χ0) is 27.7. The number of benzene rings is 3. The van der Waals surface area contributed by atoms with Crippen LogP contribution < -0.4 is 9.62 Å². The SMILES string of the molecule is CC(C)CNC(=O)[C@H](Cc1ccccc1)N(Cc1ccccc1F)C(=O)CN(c1ccccc1)S(C)(=O)=O. The molecule has 0 heterocycles. The average molecular weight is 540 g/mol. The van der Waals surface area contributed by atoms with Crippen molar-refractivity contribution in [2.24, 2.45) is 5.92 Å². The van der Waals surface area contributed by atoms with Crippen LogP contribution in [-0.2, 0) is 32.6 Å². The topological polar surface area (TPSA) is 86.8 Å². The molecule has 0 aliphatic heterocycles. The summed E-state index contributed by atoms with van der Waals surface area (Å²) < 4.78 is 41.1. The predicted molar refractivity (Wildman–Crippen MR) is 147 cm³/mol. The van der Waals surface area contributed by atoms with Crippen molar-refractivity contribution in [2.75, 3.05) is 23.7 Å². The van der Waals surface area contributed by atoms with Crippen molar-refractivity contribution in [2.45, 2.75) is 32.9 Å². The molecule has 38 heavy (non-hydrogen) atoms. The molecule has 0 bridgehead atoms. The second-order valence-electron chi connectivity index (χ2n) is 9.56. The predicted octanol–water partition coefficient (Wildman–Crippen LogP) is 4.00. The van der Waals surface area contributed by atoms with Crippen LogP contribution in [0.15, 0.2) is 84.9 Å². The molecule has 0 spiro atoms. The third kappa shape index (κ3) is 8.14. The number of amides is 2. The molecule has 0 saturated carbocycles. The number of para-hydroxylation sites is 1. The normalized spacial score (nSPS) is 12.1. The fraction of sp³-hybridized carbons (Fsp3) is 0.310. The second kappa shape index (κ2) is 13.2. The first-order valence-electron chi connectivity index (χ1n) is 12.4. The highest BCUT2D eigenvalue weighted by Gasteiger charge is 2.33. The maximum atomic E-state index is 14.7. The first kappa shape index (κ1) is 28.8. The van der Waals surface area contributed by atoms with Crippen LogP contribution in [0.3, 0.4) is 0 Å². The first-order valence-corrected chi connectivity index (χ1v) is 14.3. The van der Waals surface area contributed by atoms with Gasteiger partial charge in [0.05, 0.1) is 11.9 Å². The lowest BCUT2D eigenvalue weighted by atomic mass is 10.0. The number of hydrogen-bond donors (Lipinski definition) is 1. The summed E-state index contributed by atoms with van der Waals surface area (Å²) in [5.41, 5.74) is 1.35. The second-order valence-corrected chi connectivity index (χ2v) is 11.5. The van der Waals surface area contributed by atoms with Gasteiger partial charge in [0.25, 0.3) is 0 Å². The molecule has 0 aliphatic rings. The van der Waals surface area contributed by atoms with Gasteiger partial charge in [-0.05, 0) is 29.7 Å². The van der Waals surface area contributed by atoms with Crippen molar-refractivity contribution in [1.29, 1.82) is 0 Å². The molecule has 0 saturated heterocycles. The van der Waals surface area contributed by atoms with Crippen molar-refractivity contribution in [3.63, 3.8) is 0 Å². The van der Waals surface area contributed by atoms with Crippen molar-refractivity contribution >= 4 is 27.5 Å². The molecule has 2 amide bonds. The first-order chi connectivity index (χ1) is 18.1. The van der Waals surface area contributed by atoms with Crippen LogP contribution in [0.25, 0.3) is 0 Å². The number of rotatable bonds is 12. The minimum Gasteiger partial charge on any atom is -0.354 e. The van der Waals surface area contributed by atoms with E-state index in [1.807, 2.05) is 44.2 Å². The minimum absolute atomic E-state index is 0.172. The van der Waals surface area contributed by atoms with Crippen LogP contribution in [0.2, 0.25) is 0 Å². The number of hydrogen-bond acceptors (Lipinski definition) is 4. The number of nitrogens with one attached hydrogen (secondary N) is 1. The lowest BCUT2D eigenvalue weighted by molar-refractivity contribution is -0.140. The van der Waals surface area contributed by atoms with Crippen molar-refractivity contribution in [3.05, 3.63) is 102 Å². The van der Waals surface area contributed by atoms with Gasteiger partial charge in [0.15, 0.2) is 0 Å². The summed E-state index contributed by atoms with van der Waals surface area (Å²) in [6.45, 7) is 3.56. The molecule has 3 aromatic rings. The standard InChI is InChI=1S/C29H34FN3O4S/c1-22(2)19-31-29(35)27(18-23-12-6-4-7-13-23)32(20-24-14-10-11-17-26(24)30)28(34)21-33(38(3,36)37)25-15-8-5-9-16-25/h4-17,22,27H,18-21H2,1-3H3,(H,31,35)/t27-/m0/s1. The van der Waals surface area contributed by atoms with Crippen LogP contribution >= 0.6 is 0 Å². The monoisotopic (exact) mass is 539 g/mol. The Hall–Kier alpha value is -3.72. The van der Waals surface area contributed by atoms with Crippen LogP contribution in [0.4, 0.5) is 10.1 Å².